The average molecular weight is 736 g/mol. The molecule has 0 atom stereocenters. The minimum absolute atomic E-state index is 0.0325. The second kappa shape index (κ2) is 15.2. The molecule has 0 radical (unpaired) electrons. The number of hydrogen-bond donors (Lipinski definition) is 0. The molecule has 2 aromatic carbocycles. The van der Waals surface area contributed by atoms with Crippen LogP contribution in [0, 0.1) is 11.6 Å². The number of benzene rings is 2. The van der Waals surface area contributed by atoms with Crippen LogP contribution in [0.4, 0.5) is 18.4 Å². The Kier molecular flexibility index (Phi) is 11.8. The summed E-state index contributed by atoms with van der Waals surface area (Å²) in [5, 5.41) is 0. The van der Waals surface area contributed by atoms with Crippen molar-refractivity contribution in [3.05, 3.63) is 69.2 Å². The van der Waals surface area contributed by atoms with E-state index in [-0.39, 0.29) is 45.2 Å². The fraction of sp³-hybridized carbons (Fsp3) is 0.543. The number of nitrogens with zero attached hydrogens (tertiary/aromatic N) is 4. The number of ether oxygens (including phenoxy) is 2. The van der Waals surface area contributed by atoms with Gasteiger partial charge in [-0.25, -0.2) is 18.4 Å². The number of carbonyl (C=O) groups is 4. The molecule has 2 aliphatic heterocycles. The summed E-state index contributed by atoms with van der Waals surface area (Å²) in [6, 6.07) is 9.70. The fourth-order valence-corrected chi connectivity index (χ4v) is 5.64. The summed E-state index contributed by atoms with van der Waals surface area (Å²) in [6.07, 6.45) is 1.21. The van der Waals surface area contributed by atoms with E-state index in [1.807, 2.05) is 20.8 Å². The van der Waals surface area contributed by atoms with Crippen molar-refractivity contribution < 1.29 is 37.4 Å². The zero-order valence-corrected chi connectivity index (χ0v) is 30.1. The second-order valence-corrected chi connectivity index (χ2v) is 15.0. The summed E-state index contributed by atoms with van der Waals surface area (Å²) in [4.78, 5) is 55.5. The van der Waals surface area contributed by atoms with E-state index in [2.05, 4.69) is 15.9 Å². The van der Waals surface area contributed by atoms with Gasteiger partial charge in [-0.2, -0.15) is 0 Å². The average Bonchev–Trinajstić information content (AvgIpc) is 3.86. The SMILES string of the molecule is CC(C)(C)OC(=O)N1CCN(C(=O)c2cccc(Br)c2F)CC1.CC(C)(C)OC(=O)N1CCN(C(=O)c2cccc(C3CC3)c2F)CC1. The van der Waals surface area contributed by atoms with Crippen LogP contribution in [0.2, 0.25) is 0 Å². The van der Waals surface area contributed by atoms with Gasteiger partial charge in [0.1, 0.15) is 22.8 Å². The molecule has 0 unspecified atom stereocenters. The molecule has 0 spiro atoms. The summed E-state index contributed by atoms with van der Waals surface area (Å²) in [7, 11) is 0. The molecule has 4 amide bonds. The van der Waals surface area contributed by atoms with Crippen molar-refractivity contribution in [3.8, 4) is 0 Å². The number of hydrogen-bond acceptors (Lipinski definition) is 6. The number of carbonyl (C=O) groups excluding carboxylic acids is 4. The molecule has 3 fully saturated rings. The van der Waals surface area contributed by atoms with Gasteiger partial charge in [0.25, 0.3) is 11.8 Å². The van der Waals surface area contributed by atoms with Crippen LogP contribution in [0.15, 0.2) is 40.9 Å². The fourth-order valence-electron chi connectivity index (χ4n) is 5.27. The first-order chi connectivity index (χ1) is 22.4. The Morgan fingerprint density at radius 2 is 1.00 bits per heavy atom. The Labute approximate surface area is 289 Å². The Morgan fingerprint density at radius 3 is 1.40 bits per heavy atom. The van der Waals surface area contributed by atoms with Gasteiger partial charge in [-0.1, -0.05) is 18.2 Å². The lowest BCUT2D eigenvalue weighted by atomic mass is 10.0. The molecular weight excluding hydrogens is 690 g/mol. The van der Waals surface area contributed by atoms with Gasteiger partial charge in [0, 0.05) is 52.4 Å². The van der Waals surface area contributed by atoms with Gasteiger partial charge in [-0.3, -0.25) is 9.59 Å². The first kappa shape index (κ1) is 37.1. The van der Waals surface area contributed by atoms with Crippen LogP contribution < -0.4 is 0 Å². The van der Waals surface area contributed by atoms with E-state index in [1.165, 1.54) is 6.07 Å². The summed E-state index contributed by atoms with van der Waals surface area (Å²) < 4.78 is 39.6. The van der Waals surface area contributed by atoms with Crippen LogP contribution in [0.3, 0.4) is 0 Å². The van der Waals surface area contributed by atoms with Gasteiger partial charge in [-0.05, 0) is 100.0 Å². The van der Waals surface area contributed by atoms with Crippen LogP contribution >= 0.6 is 15.9 Å². The summed E-state index contributed by atoms with van der Waals surface area (Å²) in [5.41, 5.74) is -0.279. The van der Waals surface area contributed by atoms with Crippen molar-refractivity contribution in [3.63, 3.8) is 0 Å². The van der Waals surface area contributed by atoms with Crippen LogP contribution in [0.5, 0.6) is 0 Å². The summed E-state index contributed by atoms with van der Waals surface area (Å²) >= 11 is 3.08. The van der Waals surface area contributed by atoms with Crippen molar-refractivity contribution in [2.24, 2.45) is 0 Å². The largest absolute Gasteiger partial charge is 0.444 e. The number of halogens is 3. The first-order valence-electron chi connectivity index (χ1n) is 16.2. The minimum Gasteiger partial charge on any atom is -0.444 e. The Bertz CT molecular complexity index is 1510. The van der Waals surface area contributed by atoms with Gasteiger partial charge in [0.05, 0.1) is 15.6 Å². The molecule has 3 aliphatic rings. The van der Waals surface area contributed by atoms with E-state index in [0.29, 0.717) is 57.9 Å². The molecule has 0 bridgehead atoms. The molecule has 1 aliphatic carbocycles. The maximum atomic E-state index is 14.6. The van der Waals surface area contributed by atoms with E-state index in [9.17, 15) is 28.0 Å². The molecule has 262 valence electrons. The van der Waals surface area contributed by atoms with Gasteiger partial charge in [-0.15, -0.1) is 0 Å². The zero-order valence-electron chi connectivity index (χ0n) is 28.5. The lowest BCUT2D eigenvalue weighted by Gasteiger charge is -2.35. The summed E-state index contributed by atoms with van der Waals surface area (Å²) in [5.74, 6) is -1.36. The maximum Gasteiger partial charge on any atom is 0.410 e. The van der Waals surface area contributed by atoms with Crippen molar-refractivity contribution in [1.29, 1.82) is 0 Å². The molecule has 1 saturated carbocycles. The monoisotopic (exact) mass is 734 g/mol. The lowest BCUT2D eigenvalue weighted by Crippen LogP contribution is -2.51. The van der Waals surface area contributed by atoms with Gasteiger partial charge >= 0.3 is 12.2 Å². The Morgan fingerprint density at radius 1 is 0.625 bits per heavy atom. The van der Waals surface area contributed by atoms with E-state index in [0.717, 1.165) is 12.8 Å². The second-order valence-electron chi connectivity index (χ2n) is 14.1. The molecule has 48 heavy (non-hydrogen) atoms. The Balaban J connectivity index is 0.000000218. The molecule has 0 N–H and O–H groups in total. The number of piperazine rings is 2. The van der Waals surface area contributed by atoms with Gasteiger partial charge in [0.2, 0.25) is 0 Å². The van der Waals surface area contributed by atoms with Crippen LogP contribution in [-0.2, 0) is 9.47 Å². The van der Waals surface area contributed by atoms with Crippen LogP contribution in [0.25, 0.3) is 0 Å². The highest BCUT2D eigenvalue weighted by Gasteiger charge is 2.33. The van der Waals surface area contributed by atoms with E-state index in [4.69, 9.17) is 9.47 Å². The smallest absolute Gasteiger partial charge is 0.410 e. The molecule has 10 nitrogen and oxygen atoms in total. The third-order valence-electron chi connectivity index (χ3n) is 7.90. The van der Waals surface area contributed by atoms with E-state index in [1.54, 1.807) is 70.7 Å². The lowest BCUT2D eigenvalue weighted by molar-refractivity contribution is 0.0135. The predicted molar refractivity (Wildman–Crippen MR) is 180 cm³/mol. The maximum absolute atomic E-state index is 14.6. The quantitative estimate of drug-likeness (QED) is 0.349. The molecule has 2 saturated heterocycles. The highest BCUT2D eigenvalue weighted by Crippen LogP contribution is 2.41. The highest BCUT2D eigenvalue weighted by atomic mass is 79.9. The molecular formula is C35H45BrF2N4O6. The third kappa shape index (κ3) is 9.90. The topological polar surface area (TPSA) is 99.7 Å². The summed E-state index contributed by atoms with van der Waals surface area (Å²) in [6.45, 7) is 13.9. The highest BCUT2D eigenvalue weighted by molar-refractivity contribution is 9.10. The van der Waals surface area contributed by atoms with Crippen molar-refractivity contribution >= 4 is 39.9 Å². The minimum atomic E-state index is -0.563. The molecule has 2 heterocycles. The first-order valence-corrected chi connectivity index (χ1v) is 17.0. The molecule has 0 aromatic heterocycles. The third-order valence-corrected chi connectivity index (χ3v) is 8.51. The van der Waals surface area contributed by atoms with E-state index < -0.39 is 23.1 Å². The van der Waals surface area contributed by atoms with Crippen LogP contribution in [0.1, 0.15) is 86.6 Å². The van der Waals surface area contributed by atoms with E-state index >= 15 is 0 Å². The van der Waals surface area contributed by atoms with Crippen LogP contribution in [-0.4, -0.2) is 107 Å². The Hall–Kier alpha value is -3.74. The van der Waals surface area contributed by atoms with Gasteiger partial charge < -0.3 is 29.1 Å². The molecule has 2 aromatic rings. The van der Waals surface area contributed by atoms with Crippen molar-refractivity contribution in [2.75, 3.05) is 52.4 Å². The van der Waals surface area contributed by atoms with Gasteiger partial charge in [0.15, 0.2) is 0 Å². The zero-order chi connectivity index (χ0) is 35.4. The van der Waals surface area contributed by atoms with Crippen molar-refractivity contribution in [2.45, 2.75) is 71.5 Å². The standard InChI is InChI=1S/C19H25FN2O3.C16H20BrFN2O3/c1-19(2,3)25-18(24)22-11-9-21(10-12-22)17(23)15-6-4-5-14(16(15)20)13-7-8-13;1-16(2,3)23-15(22)20-9-7-19(8-10-20)14(21)11-5-4-6-12(17)13(11)18/h4-6,13H,7-12H2,1-3H3;4-6H,7-10H2,1-3H3. The molecule has 5 rings (SSSR count). The van der Waals surface area contributed by atoms with Crippen molar-refractivity contribution in [1.82, 2.24) is 19.6 Å². The normalized spacial score (nSPS) is 16.9. The number of amides is 4. The number of rotatable bonds is 3. The predicted octanol–water partition coefficient (Wildman–Crippen LogP) is 6.68. The molecule has 13 heteroatoms.